The maximum Gasteiger partial charge on any atom is 0.321 e. The van der Waals surface area contributed by atoms with Gasteiger partial charge in [-0.1, -0.05) is 32.1 Å². The van der Waals surface area contributed by atoms with Crippen LogP contribution in [0.2, 0.25) is 0 Å². The van der Waals surface area contributed by atoms with Crippen LogP contribution in [0.15, 0.2) is 0 Å². The summed E-state index contributed by atoms with van der Waals surface area (Å²) in [6, 6.07) is -0.289. The fraction of sp³-hybridized carbons (Fsp3) is 0.917. The van der Waals surface area contributed by atoms with E-state index in [2.05, 4.69) is 0 Å². The monoisotopic (exact) mass is 213 g/mol. The van der Waals surface area contributed by atoms with Crippen LogP contribution in [0.1, 0.15) is 44.9 Å². The van der Waals surface area contributed by atoms with Gasteiger partial charge in [-0.25, -0.2) is 0 Å². The maximum atomic E-state index is 11.2. The Morgan fingerprint density at radius 3 is 2.00 bits per heavy atom. The van der Waals surface area contributed by atoms with Crippen LogP contribution in [-0.2, 0) is 4.79 Å². The van der Waals surface area contributed by atoms with Crippen molar-refractivity contribution in [2.24, 2.45) is 5.92 Å². The second-order valence-corrected chi connectivity index (χ2v) is 4.85. The molecule has 1 unspecified atom stereocenters. The van der Waals surface area contributed by atoms with Crippen molar-refractivity contribution in [1.29, 1.82) is 0 Å². The average Bonchev–Trinajstić information content (AvgIpc) is 2.07. The van der Waals surface area contributed by atoms with Crippen molar-refractivity contribution in [3.05, 3.63) is 0 Å². The van der Waals surface area contributed by atoms with E-state index in [1.54, 1.807) is 0 Å². The molecule has 3 nitrogen and oxygen atoms in total. The van der Waals surface area contributed by atoms with Crippen LogP contribution in [0, 0.1) is 5.92 Å². The third-order valence-corrected chi connectivity index (χ3v) is 3.41. The Morgan fingerprint density at radius 1 is 1.13 bits per heavy atom. The summed E-state index contributed by atoms with van der Waals surface area (Å²) < 4.78 is 0. The van der Waals surface area contributed by atoms with Gasteiger partial charge in [0.2, 0.25) is 0 Å². The highest BCUT2D eigenvalue weighted by atomic mass is 16.4. The van der Waals surface area contributed by atoms with E-state index in [1.165, 1.54) is 32.1 Å². The van der Waals surface area contributed by atoms with Crippen LogP contribution in [0.4, 0.5) is 0 Å². The number of hydrogen-bond donors (Lipinski definition) is 1. The highest BCUT2D eigenvalue weighted by molar-refractivity contribution is 5.73. The maximum absolute atomic E-state index is 11.2. The van der Waals surface area contributed by atoms with Gasteiger partial charge in [-0.05, 0) is 32.9 Å². The van der Waals surface area contributed by atoms with Crippen LogP contribution in [0.25, 0.3) is 0 Å². The van der Waals surface area contributed by atoms with Crippen molar-refractivity contribution in [3.8, 4) is 0 Å². The summed E-state index contributed by atoms with van der Waals surface area (Å²) in [7, 11) is 3.75. The molecule has 0 spiro atoms. The van der Waals surface area contributed by atoms with E-state index < -0.39 is 5.97 Å². The molecule has 0 saturated heterocycles. The van der Waals surface area contributed by atoms with Crippen LogP contribution < -0.4 is 0 Å². The SMILES string of the molecule is CN(C)C(C(=O)O)C1CCCCCCC1. The van der Waals surface area contributed by atoms with Gasteiger partial charge in [-0.15, -0.1) is 0 Å². The zero-order valence-electron chi connectivity index (χ0n) is 9.91. The van der Waals surface area contributed by atoms with E-state index in [4.69, 9.17) is 0 Å². The van der Waals surface area contributed by atoms with Crippen LogP contribution in [0.5, 0.6) is 0 Å². The number of rotatable bonds is 3. The molecule has 1 rings (SSSR count). The lowest BCUT2D eigenvalue weighted by Crippen LogP contribution is -2.42. The number of carboxylic acid groups (broad SMARTS) is 1. The second-order valence-electron chi connectivity index (χ2n) is 4.85. The quantitative estimate of drug-likeness (QED) is 0.782. The van der Waals surface area contributed by atoms with Gasteiger partial charge in [0.25, 0.3) is 0 Å². The molecule has 1 aliphatic rings. The average molecular weight is 213 g/mol. The Labute approximate surface area is 92.5 Å². The lowest BCUT2D eigenvalue weighted by atomic mass is 9.85. The molecule has 15 heavy (non-hydrogen) atoms. The lowest BCUT2D eigenvalue weighted by molar-refractivity contribution is -0.144. The first-order valence-electron chi connectivity index (χ1n) is 6.02. The summed E-state index contributed by atoms with van der Waals surface area (Å²) in [5.74, 6) is -0.316. The summed E-state index contributed by atoms with van der Waals surface area (Å²) in [6.45, 7) is 0. The molecule has 0 aromatic rings. The van der Waals surface area contributed by atoms with Crippen molar-refractivity contribution >= 4 is 5.97 Å². The molecule has 1 aliphatic carbocycles. The third kappa shape index (κ3) is 3.82. The molecule has 0 bridgehead atoms. The van der Waals surface area contributed by atoms with Crippen molar-refractivity contribution < 1.29 is 9.90 Å². The number of likely N-dealkylation sites (N-methyl/N-ethyl adjacent to an activating group) is 1. The van der Waals surface area contributed by atoms with Gasteiger partial charge in [-0.2, -0.15) is 0 Å². The minimum atomic E-state index is -0.662. The van der Waals surface area contributed by atoms with Gasteiger partial charge in [-0.3, -0.25) is 9.69 Å². The summed E-state index contributed by atoms with van der Waals surface area (Å²) in [5.41, 5.74) is 0. The molecule has 0 amide bonds. The van der Waals surface area contributed by atoms with Crippen LogP contribution >= 0.6 is 0 Å². The first kappa shape index (κ1) is 12.5. The molecule has 3 heteroatoms. The predicted octanol–water partition coefficient (Wildman–Crippen LogP) is 2.36. The van der Waals surface area contributed by atoms with E-state index in [-0.39, 0.29) is 6.04 Å². The Balaban J connectivity index is 2.59. The van der Waals surface area contributed by atoms with E-state index in [0.29, 0.717) is 5.92 Å². The van der Waals surface area contributed by atoms with E-state index in [9.17, 15) is 9.90 Å². The lowest BCUT2D eigenvalue weighted by Gasteiger charge is -2.30. The van der Waals surface area contributed by atoms with Crippen molar-refractivity contribution in [1.82, 2.24) is 4.90 Å². The zero-order valence-corrected chi connectivity index (χ0v) is 9.91. The van der Waals surface area contributed by atoms with Crippen LogP contribution in [0.3, 0.4) is 0 Å². The highest BCUT2D eigenvalue weighted by Crippen LogP contribution is 2.26. The summed E-state index contributed by atoms with van der Waals surface area (Å²) in [5, 5.41) is 9.22. The molecule has 0 radical (unpaired) electrons. The molecular weight excluding hydrogens is 190 g/mol. The Morgan fingerprint density at radius 2 is 1.60 bits per heavy atom. The van der Waals surface area contributed by atoms with Gasteiger partial charge >= 0.3 is 5.97 Å². The minimum Gasteiger partial charge on any atom is -0.480 e. The zero-order chi connectivity index (χ0) is 11.3. The fourth-order valence-corrected chi connectivity index (χ4v) is 2.65. The third-order valence-electron chi connectivity index (χ3n) is 3.41. The number of carbonyl (C=O) groups is 1. The van der Waals surface area contributed by atoms with Gasteiger partial charge < -0.3 is 5.11 Å². The minimum absolute atomic E-state index is 0.289. The standard InChI is InChI=1S/C12H23NO2/c1-13(2)11(12(14)15)10-8-6-4-3-5-7-9-10/h10-11H,3-9H2,1-2H3,(H,14,15). The molecular formula is C12H23NO2. The first-order chi connectivity index (χ1) is 7.13. The molecule has 0 aliphatic heterocycles. The van der Waals surface area contributed by atoms with Crippen molar-refractivity contribution in [2.75, 3.05) is 14.1 Å². The normalized spacial score (nSPS) is 22.1. The van der Waals surface area contributed by atoms with Crippen molar-refractivity contribution in [3.63, 3.8) is 0 Å². The Bertz CT molecular complexity index is 196. The highest BCUT2D eigenvalue weighted by Gasteiger charge is 2.29. The first-order valence-corrected chi connectivity index (χ1v) is 6.02. The van der Waals surface area contributed by atoms with Crippen molar-refractivity contribution in [2.45, 2.75) is 51.0 Å². The molecule has 88 valence electrons. The molecule has 0 aromatic carbocycles. The van der Waals surface area contributed by atoms with Gasteiger partial charge in [0.1, 0.15) is 6.04 Å². The number of carboxylic acids is 1. The van der Waals surface area contributed by atoms with Crippen LogP contribution in [-0.4, -0.2) is 36.1 Å². The number of aliphatic carboxylic acids is 1. The topological polar surface area (TPSA) is 40.5 Å². The van der Waals surface area contributed by atoms with Gasteiger partial charge in [0, 0.05) is 0 Å². The number of hydrogen-bond acceptors (Lipinski definition) is 2. The molecule has 1 N–H and O–H groups in total. The fourth-order valence-electron chi connectivity index (χ4n) is 2.65. The smallest absolute Gasteiger partial charge is 0.321 e. The summed E-state index contributed by atoms with van der Waals surface area (Å²) >= 11 is 0. The van der Waals surface area contributed by atoms with E-state index in [0.717, 1.165) is 12.8 Å². The Hall–Kier alpha value is -0.570. The van der Waals surface area contributed by atoms with E-state index >= 15 is 0 Å². The molecule has 1 saturated carbocycles. The Kier molecular flexibility index (Phi) is 5.09. The number of nitrogens with zero attached hydrogens (tertiary/aromatic N) is 1. The largest absolute Gasteiger partial charge is 0.480 e. The summed E-state index contributed by atoms with van der Waals surface area (Å²) in [6.07, 6.45) is 8.42. The molecule has 0 heterocycles. The summed E-state index contributed by atoms with van der Waals surface area (Å²) in [4.78, 5) is 13.1. The second kappa shape index (κ2) is 6.11. The van der Waals surface area contributed by atoms with E-state index in [1.807, 2.05) is 19.0 Å². The van der Waals surface area contributed by atoms with Gasteiger partial charge in [0.15, 0.2) is 0 Å². The molecule has 1 fully saturated rings. The predicted molar refractivity (Wildman–Crippen MR) is 60.9 cm³/mol. The molecule has 1 atom stereocenters. The molecule has 0 aromatic heterocycles. The van der Waals surface area contributed by atoms with Gasteiger partial charge in [0.05, 0.1) is 0 Å².